The molecule has 2 aromatic carbocycles. The van der Waals surface area contributed by atoms with Crippen molar-refractivity contribution in [1.82, 2.24) is 5.32 Å². The minimum Gasteiger partial charge on any atom is -0.452 e. The summed E-state index contributed by atoms with van der Waals surface area (Å²) in [6.07, 6.45) is 4.83. The zero-order valence-electron chi connectivity index (χ0n) is 14.7. The van der Waals surface area contributed by atoms with Gasteiger partial charge in [-0.05, 0) is 36.6 Å². The molecule has 0 radical (unpaired) electrons. The average molecular weight is 364 g/mol. The first-order valence-electron chi connectivity index (χ1n) is 8.71. The average Bonchev–Trinajstić information content (AvgIpc) is 3.50. The second-order valence-corrected chi connectivity index (χ2v) is 6.19. The first-order chi connectivity index (χ1) is 13.1. The number of esters is 1. The molecule has 0 aliphatic heterocycles. The number of nitrogens with one attached hydrogen (secondary N) is 2. The third kappa shape index (κ3) is 5.81. The molecule has 0 atom stereocenters. The van der Waals surface area contributed by atoms with E-state index >= 15 is 0 Å². The summed E-state index contributed by atoms with van der Waals surface area (Å²) >= 11 is 0. The van der Waals surface area contributed by atoms with Crippen LogP contribution in [-0.2, 0) is 14.3 Å². The molecule has 2 amide bonds. The number of anilines is 1. The molecule has 0 bridgehead atoms. The molecule has 1 fully saturated rings. The van der Waals surface area contributed by atoms with Gasteiger partial charge in [0.25, 0.3) is 11.8 Å². The van der Waals surface area contributed by atoms with Crippen LogP contribution in [0.15, 0.2) is 60.7 Å². The van der Waals surface area contributed by atoms with Gasteiger partial charge in [-0.1, -0.05) is 42.5 Å². The van der Waals surface area contributed by atoms with E-state index in [2.05, 4.69) is 10.6 Å². The fourth-order valence-corrected chi connectivity index (χ4v) is 2.38. The van der Waals surface area contributed by atoms with Crippen LogP contribution in [0.3, 0.4) is 0 Å². The van der Waals surface area contributed by atoms with Crippen molar-refractivity contribution in [3.8, 4) is 0 Å². The summed E-state index contributed by atoms with van der Waals surface area (Å²) < 4.78 is 4.93. The molecular weight excluding hydrogens is 344 g/mol. The van der Waals surface area contributed by atoms with Gasteiger partial charge in [-0.25, -0.2) is 4.79 Å². The van der Waals surface area contributed by atoms with Gasteiger partial charge in [-0.15, -0.1) is 0 Å². The highest BCUT2D eigenvalue weighted by atomic mass is 16.5. The molecule has 1 saturated carbocycles. The lowest BCUT2D eigenvalue weighted by molar-refractivity contribution is -0.142. The number of hydrogen-bond donors (Lipinski definition) is 2. The molecule has 1 aliphatic carbocycles. The topological polar surface area (TPSA) is 84.5 Å². The quantitative estimate of drug-likeness (QED) is 0.584. The molecule has 3 rings (SSSR count). The summed E-state index contributed by atoms with van der Waals surface area (Å²) in [5.74, 6) is -1.35. The van der Waals surface area contributed by atoms with E-state index in [4.69, 9.17) is 4.74 Å². The van der Waals surface area contributed by atoms with Crippen LogP contribution in [-0.4, -0.2) is 30.4 Å². The van der Waals surface area contributed by atoms with Gasteiger partial charge in [0.15, 0.2) is 6.61 Å². The molecule has 27 heavy (non-hydrogen) atoms. The molecule has 2 N–H and O–H groups in total. The SMILES string of the molecule is O=C(COC(=O)/C=C/c1ccccc1)Nc1ccccc1C(=O)NC1CC1. The Kier molecular flexibility index (Phi) is 5.99. The molecule has 0 unspecified atom stereocenters. The Bertz CT molecular complexity index is 857. The summed E-state index contributed by atoms with van der Waals surface area (Å²) in [5.41, 5.74) is 1.62. The molecule has 1 aliphatic rings. The van der Waals surface area contributed by atoms with E-state index < -0.39 is 18.5 Å². The Labute approximate surface area is 157 Å². The Morgan fingerprint density at radius 2 is 1.70 bits per heavy atom. The van der Waals surface area contributed by atoms with Gasteiger partial charge >= 0.3 is 5.97 Å². The Morgan fingerprint density at radius 1 is 1.00 bits per heavy atom. The Balaban J connectivity index is 1.51. The van der Waals surface area contributed by atoms with Gasteiger partial charge in [0.2, 0.25) is 0 Å². The number of rotatable bonds is 7. The first-order valence-corrected chi connectivity index (χ1v) is 8.71. The minimum absolute atomic E-state index is 0.221. The Morgan fingerprint density at radius 3 is 2.44 bits per heavy atom. The summed E-state index contributed by atoms with van der Waals surface area (Å²) in [4.78, 5) is 36.0. The Hall–Kier alpha value is -3.41. The van der Waals surface area contributed by atoms with Crippen LogP contribution >= 0.6 is 0 Å². The maximum absolute atomic E-state index is 12.2. The van der Waals surface area contributed by atoms with Gasteiger partial charge in [0.1, 0.15) is 0 Å². The lowest BCUT2D eigenvalue weighted by Gasteiger charge is -2.11. The van der Waals surface area contributed by atoms with E-state index in [1.54, 1.807) is 30.3 Å². The van der Waals surface area contributed by atoms with Crippen LogP contribution < -0.4 is 10.6 Å². The lowest BCUT2D eigenvalue weighted by atomic mass is 10.1. The minimum atomic E-state index is -0.617. The van der Waals surface area contributed by atoms with Crippen molar-refractivity contribution in [3.63, 3.8) is 0 Å². The van der Waals surface area contributed by atoms with Gasteiger partial charge in [-0.3, -0.25) is 9.59 Å². The van der Waals surface area contributed by atoms with Crippen molar-refractivity contribution >= 4 is 29.5 Å². The van der Waals surface area contributed by atoms with Crippen molar-refractivity contribution < 1.29 is 19.1 Å². The van der Waals surface area contributed by atoms with Gasteiger partial charge < -0.3 is 15.4 Å². The van der Waals surface area contributed by atoms with Crippen molar-refractivity contribution in [2.45, 2.75) is 18.9 Å². The zero-order chi connectivity index (χ0) is 19.1. The largest absolute Gasteiger partial charge is 0.452 e. The van der Waals surface area contributed by atoms with E-state index in [9.17, 15) is 14.4 Å². The lowest BCUT2D eigenvalue weighted by Crippen LogP contribution is -2.27. The van der Waals surface area contributed by atoms with Crippen LogP contribution in [0.4, 0.5) is 5.69 Å². The predicted molar refractivity (Wildman–Crippen MR) is 102 cm³/mol. The van der Waals surface area contributed by atoms with E-state index in [1.807, 2.05) is 30.3 Å². The number of carbonyl (C=O) groups is 3. The molecule has 6 nitrogen and oxygen atoms in total. The van der Waals surface area contributed by atoms with Gasteiger partial charge in [-0.2, -0.15) is 0 Å². The van der Waals surface area contributed by atoms with Crippen LogP contribution in [0.5, 0.6) is 0 Å². The van der Waals surface area contributed by atoms with E-state index in [0.29, 0.717) is 11.3 Å². The molecule has 0 saturated heterocycles. The summed E-state index contributed by atoms with van der Waals surface area (Å²) in [5, 5.41) is 5.49. The van der Waals surface area contributed by atoms with Crippen LogP contribution in [0.1, 0.15) is 28.8 Å². The maximum atomic E-state index is 12.2. The fraction of sp³-hybridized carbons (Fsp3) is 0.190. The second-order valence-electron chi connectivity index (χ2n) is 6.19. The third-order valence-corrected chi connectivity index (χ3v) is 3.92. The monoisotopic (exact) mass is 364 g/mol. The predicted octanol–water partition coefficient (Wildman–Crippen LogP) is 2.77. The van der Waals surface area contributed by atoms with E-state index in [-0.39, 0.29) is 11.9 Å². The zero-order valence-corrected chi connectivity index (χ0v) is 14.7. The van der Waals surface area contributed by atoms with E-state index in [0.717, 1.165) is 18.4 Å². The molecule has 0 heterocycles. The van der Waals surface area contributed by atoms with Crippen LogP contribution in [0.2, 0.25) is 0 Å². The number of benzene rings is 2. The standard InChI is InChI=1S/C21H20N2O4/c24-19(14-27-20(25)13-10-15-6-2-1-3-7-15)23-18-9-5-4-8-17(18)21(26)22-16-11-12-16/h1-10,13,16H,11-12,14H2,(H,22,26)(H,23,24)/b13-10+. The van der Waals surface area contributed by atoms with Crippen molar-refractivity contribution in [2.24, 2.45) is 0 Å². The maximum Gasteiger partial charge on any atom is 0.331 e. The molecule has 0 aromatic heterocycles. The summed E-state index contributed by atoms with van der Waals surface area (Å²) in [7, 11) is 0. The highest BCUT2D eigenvalue weighted by Gasteiger charge is 2.25. The molecule has 0 spiro atoms. The highest BCUT2D eigenvalue weighted by Crippen LogP contribution is 2.21. The molecule has 138 valence electrons. The van der Waals surface area contributed by atoms with Crippen molar-refractivity contribution in [2.75, 3.05) is 11.9 Å². The van der Waals surface area contributed by atoms with Crippen LogP contribution in [0.25, 0.3) is 6.08 Å². The first kappa shape index (κ1) is 18.4. The number of para-hydroxylation sites is 1. The normalized spacial score (nSPS) is 13.2. The van der Waals surface area contributed by atoms with Gasteiger partial charge in [0.05, 0.1) is 11.3 Å². The molecule has 2 aromatic rings. The third-order valence-electron chi connectivity index (χ3n) is 3.92. The molecular formula is C21H20N2O4. The second kappa shape index (κ2) is 8.80. The summed E-state index contributed by atoms with van der Waals surface area (Å²) in [6.45, 7) is -0.434. The smallest absolute Gasteiger partial charge is 0.331 e. The number of carbonyl (C=O) groups excluding carboxylic acids is 3. The van der Waals surface area contributed by atoms with Gasteiger partial charge in [0, 0.05) is 12.1 Å². The van der Waals surface area contributed by atoms with E-state index in [1.165, 1.54) is 6.08 Å². The summed E-state index contributed by atoms with van der Waals surface area (Å²) in [6, 6.07) is 16.2. The highest BCUT2D eigenvalue weighted by molar-refractivity contribution is 6.04. The number of amides is 2. The number of hydrogen-bond acceptors (Lipinski definition) is 4. The van der Waals surface area contributed by atoms with Crippen LogP contribution in [0, 0.1) is 0 Å². The van der Waals surface area contributed by atoms with Crippen molar-refractivity contribution in [3.05, 3.63) is 71.8 Å². The number of ether oxygens (including phenoxy) is 1. The molecule has 6 heteroatoms. The van der Waals surface area contributed by atoms with Crippen molar-refractivity contribution in [1.29, 1.82) is 0 Å². The fourth-order valence-electron chi connectivity index (χ4n) is 2.38.